The second-order valence-corrected chi connectivity index (χ2v) is 5.75. The van der Waals surface area contributed by atoms with Crippen LogP contribution in [0, 0.1) is 0 Å². The molecular weight excluding hydrogens is 258 g/mol. The van der Waals surface area contributed by atoms with Crippen molar-refractivity contribution < 1.29 is 4.74 Å². The maximum absolute atomic E-state index is 6.19. The molecule has 2 heteroatoms. The summed E-state index contributed by atoms with van der Waals surface area (Å²) in [4.78, 5) is 2.47. The van der Waals surface area contributed by atoms with Gasteiger partial charge in [-0.3, -0.25) is 0 Å². The molecule has 1 aliphatic rings. The maximum atomic E-state index is 6.19. The molecule has 0 bridgehead atoms. The Morgan fingerprint density at radius 1 is 1.00 bits per heavy atom. The summed E-state index contributed by atoms with van der Waals surface area (Å²) in [6, 6.07) is 21.5. The van der Waals surface area contributed by atoms with E-state index in [9.17, 15) is 0 Å². The van der Waals surface area contributed by atoms with Crippen molar-refractivity contribution in [3.8, 4) is 0 Å². The highest BCUT2D eigenvalue weighted by Gasteiger charge is 2.28. The summed E-state index contributed by atoms with van der Waals surface area (Å²) in [7, 11) is 0. The minimum atomic E-state index is 0.305. The third-order valence-electron chi connectivity index (χ3n) is 4.31. The lowest BCUT2D eigenvalue weighted by molar-refractivity contribution is 0.0104. The molecule has 0 amide bonds. The summed E-state index contributed by atoms with van der Waals surface area (Å²) in [5, 5.41) is 0. The number of hydrogen-bond acceptors (Lipinski definition) is 2. The highest BCUT2D eigenvalue weighted by molar-refractivity contribution is 5.47. The Balaban J connectivity index is 1.64. The lowest BCUT2D eigenvalue weighted by atomic mass is 9.99. The van der Waals surface area contributed by atoms with Crippen LogP contribution in [0.3, 0.4) is 0 Å². The summed E-state index contributed by atoms with van der Waals surface area (Å²) < 4.78 is 6.19. The fourth-order valence-electron chi connectivity index (χ4n) is 3.09. The zero-order valence-corrected chi connectivity index (χ0v) is 12.6. The normalized spacial score (nSPS) is 22.2. The van der Waals surface area contributed by atoms with E-state index in [1.165, 1.54) is 17.7 Å². The van der Waals surface area contributed by atoms with Gasteiger partial charge in [0.2, 0.25) is 0 Å². The predicted octanol–water partition coefficient (Wildman–Crippen LogP) is 4.26. The number of nitrogens with zero attached hydrogens (tertiary/aromatic N) is 1. The van der Waals surface area contributed by atoms with Crippen molar-refractivity contribution in [2.75, 3.05) is 11.4 Å². The minimum absolute atomic E-state index is 0.305. The summed E-state index contributed by atoms with van der Waals surface area (Å²) in [6.45, 7) is 4.11. The van der Waals surface area contributed by atoms with Crippen molar-refractivity contribution >= 4 is 5.69 Å². The summed E-state index contributed by atoms with van der Waals surface area (Å²) in [6.07, 6.45) is 2.65. The molecule has 1 saturated heterocycles. The first kappa shape index (κ1) is 14.2. The smallest absolute Gasteiger partial charge is 0.0780 e. The van der Waals surface area contributed by atoms with E-state index in [-0.39, 0.29) is 0 Å². The van der Waals surface area contributed by atoms with Crippen LogP contribution < -0.4 is 4.90 Å². The molecule has 2 unspecified atom stereocenters. The van der Waals surface area contributed by atoms with Crippen LogP contribution in [0.25, 0.3) is 0 Å². The van der Waals surface area contributed by atoms with Crippen LogP contribution in [0.2, 0.25) is 0 Å². The number of rotatable bonds is 4. The van der Waals surface area contributed by atoms with Crippen LogP contribution >= 0.6 is 0 Å². The van der Waals surface area contributed by atoms with Crippen LogP contribution in [-0.2, 0) is 11.3 Å². The van der Waals surface area contributed by atoms with Crippen molar-refractivity contribution in [2.45, 2.75) is 38.5 Å². The van der Waals surface area contributed by atoms with Crippen molar-refractivity contribution in [3.05, 3.63) is 66.2 Å². The van der Waals surface area contributed by atoms with Gasteiger partial charge in [0.15, 0.2) is 0 Å². The van der Waals surface area contributed by atoms with Crippen LogP contribution in [-0.4, -0.2) is 18.7 Å². The van der Waals surface area contributed by atoms with Gasteiger partial charge in [-0.05, 0) is 37.5 Å². The fraction of sp³-hybridized carbons (Fsp3) is 0.368. The van der Waals surface area contributed by atoms with Gasteiger partial charge in [-0.15, -0.1) is 0 Å². The molecule has 21 heavy (non-hydrogen) atoms. The van der Waals surface area contributed by atoms with Gasteiger partial charge in [-0.25, -0.2) is 0 Å². The number of anilines is 1. The zero-order chi connectivity index (χ0) is 14.5. The number of piperidine rings is 1. The van der Waals surface area contributed by atoms with Gasteiger partial charge in [-0.1, -0.05) is 48.5 Å². The molecule has 1 aliphatic heterocycles. The van der Waals surface area contributed by atoms with E-state index in [4.69, 9.17) is 4.74 Å². The molecule has 0 saturated carbocycles. The average Bonchev–Trinajstić information content (AvgIpc) is 2.56. The number of ether oxygens (including phenoxy) is 1. The Morgan fingerprint density at radius 2 is 1.67 bits per heavy atom. The molecule has 110 valence electrons. The molecule has 0 aromatic heterocycles. The molecule has 0 N–H and O–H groups in total. The molecule has 3 rings (SSSR count). The molecule has 1 fully saturated rings. The molecule has 2 aromatic rings. The van der Waals surface area contributed by atoms with Gasteiger partial charge in [0, 0.05) is 12.2 Å². The van der Waals surface area contributed by atoms with Gasteiger partial charge >= 0.3 is 0 Å². The van der Waals surface area contributed by atoms with Gasteiger partial charge in [0.25, 0.3) is 0 Å². The van der Waals surface area contributed by atoms with E-state index in [2.05, 4.69) is 66.4 Å². The zero-order valence-electron chi connectivity index (χ0n) is 12.6. The van der Waals surface area contributed by atoms with Crippen LogP contribution in [0.1, 0.15) is 25.3 Å². The maximum Gasteiger partial charge on any atom is 0.0780 e. The second-order valence-electron chi connectivity index (χ2n) is 5.75. The molecule has 1 heterocycles. The fourth-order valence-corrected chi connectivity index (χ4v) is 3.09. The largest absolute Gasteiger partial charge is 0.371 e. The van der Waals surface area contributed by atoms with Crippen LogP contribution in [0.15, 0.2) is 60.7 Å². The quantitative estimate of drug-likeness (QED) is 0.830. The molecule has 0 radical (unpaired) electrons. The third kappa shape index (κ3) is 3.45. The highest BCUT2D eigenvalue weighted by atomic mass is 16.5. The van der Waals surface area contributed by atoms with Gasteiger partial charge in [0.05, 0.1) is 18.8 Å². The number of benzene rings is 2. The molecule has 2 nitrogen and oxygen atoms in total. The van der Waals surface area contributed by atoms with Crippen molar-refractivity contribution in [1.82, 2.24) is 0 Å². The van der Waals surface area contributed by atoms with Crippen LogP contribution in [0.5, 0.6) is 0 Å². The van der Waals surface area contributed by atoms with E-state index >= 15 is 0 Å². The van der Waals surface area contributed by atoms with E-state index < -0.39 is 0 Å². The Labute approximate surface area is 127 Å². The summed E-state index contributed by atoms with van der Waals surface area (Å²) >= 11 is 0. The van der Waals surface area contributed by atoms with Gasteiger partial charge in [0.1, 0.15) is 0 Å². The third-order valence-corrected chi connectivity index (χ3v) is 4.31. The SMILES string of the molecule is CC1C(OCc2ccccc2)CCCN1c1ccccc1. The Hall–Kier alpha value is -1.80. The summed E-state index contributed by atoms with van der Waals surface area (Å²) in [5.74, 6) is 0. The molecule has 2 atom stereocenters. The Kier molecular flexibility index (Phi) is 4.56. The van der Waals surface area contributed by atoms with Crippen molar-refractivity contribution in [2.24, 2.45) is 0 Å². The lowest BCUT2D eigenvalue weighted by Gasteiger charge is -2.40. The van der Waals surface area contributed by atoms with E-state index in [0.717, 1.165) is 13.0 Å². The highest BCUT2D eigenvalue weighted by Crippen LogP contribution is 2.26. The number of hydrogen-bond donors (Lipinski definition) is 0. The first-order valence-electron chi connectivity index (χ1n) is 7.82. The molecule has 0 spiro atoms. The molecular formula is C19H23NO. The van der Waals surface area contributed by atoms with Gasteiger partial charge < -0.3 is 9.64 Å². The molecule has 0 aliphatic carbocycles. The first-order valence-corrected chi connectivity index (χ1v) is 7.82. The monoisotopic (exact) mass is 281 g/mol. The minimum Gasteiger partial charge on any atom is -0.371 e. The van der Waals surface area contributed by atoms with E-state index in [1.54, 1.807) is 0 Å². The van der Waals surface area contributed by atoms with Crippen molar-refractivity contribution in [3.63, 3.8) is 0 Å². The van der Waals surface area contributed by atoms with E-state index in [1.807, 2.05) is 6.07 Å². The van der Waals surface area contributed by atoms with Gasteiger partial charge in [-0.2, -0.15) is 0 Å². The topological polar surface area (TPSA) is 12.5 Å². The van der Waals surface area contributed by atoms with E-state index in [0.29, 0.717) is 18.8 Å². The van der Waals surface area contributed by atoms with Crippen LogP contribution in [0.4, 0.5) is 5.69 Å². The van der Waals surface area contributed by atoms with Crippen molar-refractivity contribution in [1.29, 1.82) is 0 Å². The molecule has 2 aromatic carbocycles. The average molecular weight is 281 g/mol. The standard InChI is InChI=1S/C19H23NO/c1-16-19(21-15-17-9-4-2-5-10-17)13-8-14-20(16)18-11-6-3-7-12-18/h2-7,9-12,16,19H,8,13-15H2,1H3. The predicted molar refractivity (Wildman–Crippen MR) is 87.5 cm³/mol. The Morgan fingerprint density at radius 3 is 2.38 bits per heavy atom. The summed E-state index contributed by atoms with van der Waals surface area (Å²) in [5.41, 5.74) is 2.56. The lowest BCUT2D eigenvalue weighted by Crippen LogP contribution is -2.47. The Bertz CT molecular complexity index is 540. The number of para-hydroxylation sites is 1. The second kappa shape index (κ2) is 6.77. The first-order chi connectivity index (χ1) is 10.3.